The van der Waals surface area contributed by atoms with Gasteiger partial charge in [-0.1, -0.05) is 12.1 Å². The van der Waals surface area contributed by atoms with Gasteiger partial charge in [0.05, 0.1) is 0 Å². The molecule has 1 atom stereocenters. The molecule has 0 aliphatic carbocycles. The Morgan fingerprint density at radius 2 is 1.95 bits per heavy atom. The van der Waals surface area contributed by atoms with Crippen molar-refractivity contribution in [1.29, 1.82) is 0 Å². The summed E-state index contributed by atoms with van der Waals surface area (Å²) in [5.74, 6) is 0.314. The van der Waals surface area contributed by atoms with E-state index in [1.165, 1.54) is 24.3 Å². The summed E-state index contributed by atoms with van der Waals surface area (Å²) in [7, 11) is 0. The monoisotopic (exact) mass is 287 g/mol. The van der Waals surface area contributed by atoms with Crippen LogP contribution in [0.4, 0.5) is 13.2 Å². The van der Waals surface area contributed by atoms with Gasteiger partial charge < -0.3 is 15.0 Å². The SMILES string of the molecule is CC(CN)c1noc(-c2ccc(OC(F)(F)F)cc2)n1. The summed E-state index contributed by atoms with van der Waals surface area (Å²) in [6.07, 6.45) is -4.71. The number of aromatic nitrogens is 2. The fourth-order valence-corrected chi connectivity index (χ4v) is 1.46. The molecule has 0 bridgehead atoms. The molecule has 0 saturated carbocycles. The second kappa shape index (κ2) is 5.49. The van der Waals surface area contributed by atoms with Crippen LogP contribution in [0, 0.1) is 0 Å². The number of ether oxygens (including phenoxy) is 1. The normalized spacial score (nSPS) is 13.2. The molecular formula is C12H12F3N3O2. The number of alkyl halides is 3. The molecule has 2 N–H and O–H groups in total. The van der Waals surface area contributed by atoms with Crippen molar-refractivity contribution in [2.45, 2.75) is 19.2 Å². The van der Waals surface area contributed by atoms with E-state index >= 15 is 0 Å². The summed E-state index contributed by atoms with van der Waals surface area (Å²) in [6, 6.07) is 5.18. The highest BCUT2D eigenvalue weighted by molar-refractivity contribution is 5.54. The second-order valence-corrected chi connectivity index (χ2v) is 4.17. The zero-order chi connectivity index (χ0) is 14.8. The van der Waals surface area contributed by atoms with E-state index in [2.05, 4.69) is 14.9 Å². The molecule has 108 valence electrons. The lowest BCUT2D eigenvalue weighted by molar-refractivity contribution is -0.274. The molecule has 20 heavy (non-hydrogen) atoms. The van der Waals surface area contributed by atoms with E-state index in [0.717, 1.165) is 0 Å². The van der Waals surface area contributed by atoms with Crippen molar-refractivity contribution in [2.75, 3.05) is 6.54 Å². The number of hydrogen-bond donors (Lipinski definition) is 1. The third-order valence-electron chi connectivity index (χ3n) is 2.57. The number of hydrogen-bond acceptors (Lipinski definition) is 5. The molecule has 0 radical (unpaired) electrons. The average Bonchev–Trinajstić information content (AvgIpc) is 2.86. The number of nitrogens with two attached hydrogens (primary N) is 1. The molecule has 0 aliphatic rings. The van der Waals surface area contributed by atoms with Gasteiger partial charge in [0, 0.05) is 18.0 Å². The first-order valence-electron chi connectivity index (χ1n) is 5.79. The highest BCUT2D eigenvalue weighted by atomic mass is 19.4. The van der Waals surface area contributed by atoms with Crippen LogP contribution >= 0.6 is 0 Å². The molecule has 8 heteroatoms. The molecule has 2 aromatic rings. The zero-order valence-corrected chi connectivity index (χ0v) is 10.5. The minimum absolute atomic E-state index is 0.0552. The largest absolute Gasteiger partial charge is 0.573 e. The van der Waals surface area contributed by atoms with Crippen molar-refractivity contribution in [3.8, 4) is 17.2 Å². The van der Waals surface area contributed by atoms with Gasteiger partial charge in [-0.25, -0.2) is 0 Å². The Bertz CT molecular complexity index is 566. The van der Waals surface area contributed by atoms with Crippen molar-refractivity contribution < 1.29 is 22.4 Å². The standard InChI is InChI=1S/C12H12F3N3O2/c1-7(6-16)10-17-11(20-18-10)8-2-4-9(5-3-8)19-12(13,14)15/h2-5,7H,6,16H2,1H3. The summed E-state index contributed by atoms with van der Waals surface area (Å²) < 4.78 is 44.9. The highest BCUT2D eigenvalue weighted by Gasteiger charge is 2.31. The first kappa shape index (κ1) is 14.3. The van der Waals surface area contributed by atoms with E-state index in [-0.39, 0.29) is 17.6 Å². The Labute approximate surface area is 112 Å². The minimum Gasteiger partial charge on any atom is -0.406 e. The third kappa shape index (κ3) is 3.47. The van der Waals surface area contributed by atoms with E-state index < -0.39 is 6.36 Å². The summed E-state index contributed by atoms with van der Waals surface area (Å²) in [4.78, 5) is 4.13. The molecule has 1 heterocycles. The summed E-state index contributed by atoms with van der Waals surface area (Å²) in [6.45, 7) is 2.21. The van der Waals surface area contributed by atoms with Crippen LogP contribution in [-0.2, 0) is 0 Å². The average molecular weight is 287 g/mol. The predicted octanol–water partition coefficient (Wildman–Crippen LogP) is 2.70. The van der Waals surface area contributed by atoms with Crippen molar-refractivity contribution in [1.82, 2.24) is 10.1 Å². The van der Waals surface area contributed by atoms with Gasteiger partial charge in [0.15, 0.2) is 5.82 Å². The van der Waals surface area contributed by atoms with E-state index in [9.17, 15) is 13.2 Å². The second-order valence-electron chi connectivity index (χ2n) is 4.17. The Balaban J connectivity index is 2.15. The van der Waals surface area contributed by atoms with Crippen LogP contribution in [0.5, 0.6) is 5.75 Å². The maximum atomic E-state index is 12.0. The molecule has 5 nitrogen and oxygen atoms in total. The van der Waals surface area contributed by atoms with Gasteiger partial charge in [-0.15, -0.1) is 13.2 Å². The minimum atomic E-state index is -4.71. The maximum absolute atomic E-state index is 12.0. The van der Waals surface area contributed by atoms with Gasteiger partial charge >= 0.3 is 6.36 Å². The zero-order valence-electron chi connectivity index (χ0n) is 10.5. The molecule has 0 amide bonds. The van der Waals surface area contributed by atoms with Crippen molar-refractivity contribution in [3.05, 3.63) is 30.1 Å². The molecule has 1 unspecified atom stereocenters. The molecule has 1 aromatic carbocycles. The molecule has 0 aliphatic heterocycles. The molecule has 0 saturated heterocycles. The third-order valence-corrected chi connectivity index (χ3v) is 2.57. The van der Waals surface area contributed by atoms with Gasteiger partial charge in [-0.2, -0.15) is 4.98 Å². The molecule has 0 spiro atoms. The highest BCUT2D eigenvalue weighted by Crippen LogP contribution is 2.26. The first-order chi connectivity index (χ1) is 9.39. The quantitative estimate of drug-likeness (QED) is 0.935. The van der Waals surface area contributed by atoms with Crippen LogP contribution in [0.2, 0.25) is 0 Å². The molecule has 0 fully saturated rings. The molecule has 2 rings (SSSR count). The van der Waals surface area contributed by atoms with E-state index in [4.69, 9.17) is 10.3 Å². The lowest BCUT2D eigenvalue weighted by Crippen LogP contribution is -2.16. The van der Waals surface area contributed by atoms with Crippen molar-refractivity contribution in [2.24, 2.45) is 5.73 Å². The van der Waals surface area contributed by atoms with Crippen LogP contribution in [-0.4, -0.2) is 23.0 Å². The van der Waals surface area contributed by atoms with Crippen LogP contribution in [0.25, 0.3) is 11.5 Å². The van der Waals surface area contributed by atoms with E-state index in [1.807, 2.05) is 6.92 Å². The Hall–Kier alpha value is -2.09. The Kier molecular flexibility index (Phi) is 3.93. The predicted molar refractivity (Wildman–Crippen MR) is 63.9 cm³/mol. The fourth-order valence-electron chi connectivity index (χ4n) is 1.46. The maximum Gasteiger partial charge on any atom is 0.573 e. The molecular weight excluding hydrogens is 275 g/mol. The van der Waals surface area contributed by atoms with Crippen LogP contribution in [0.1, 0.15) is 18.7 Å². The Morgan fingerprint density at radius 3 is 2.50 bits per heavy atom. The van der Waals surface area contributed by atoms with Crippen molar-refractivity contribution >= 4 is 0 Å². The fraction of sp³-hybridized carbons (Fsp3) is 0.333. The van der Waals surface area contributed by atoms with Crippen LogP contribution < -0.4 is 10.5 Å². The van der Waals surface area contributed by atoms with Gasteiger partial charge in [0.2, 0.25) is 0 Å². The topological polar surface area (TPSA) is 74.2 Å². The first-order valence-corrected chi connectivity index (χ1v) is 5.79. The van der Waals surface area contributed by atoms with E-state index in [0.29, 0.717) is 17.9 Å². The number of rotatable bonds is 4. The smallest absolute Gasteiger partial charge is 0.406 e. The number of halogens is 3. The number of nitrogens with zero attached hydrogens (tertiary/aromatic N) is 2. The van der Waals surface area contributed by atoms with Gasteiger partial charge in [-0.3, -0.25) is 0 Å². The summed E-state index contributed by atoms with van der Waals surface area (Å²) in [5, 5.41) is 3.77. The lowest BCUT2D eigenvalue weighted by atomic mass is 10.2. The Morgan fingerprint density at radius 1 is 1.30 bits per heavy atom. The lowest BCUT2D eigenvalue weighted by Gasteiger charge is -2.08. The summed E-state index contributed by atoms with van der Waals surface area (Å²) >= 11 is 0. The molecule has 1 aromatic heterocycles. The van der Waals surface area contributed by atoms with Gasteiger partial charge in [-0.05, 0) is 24.3 Å². The number of benzene rings is 1. The van der Waals surface area contributed by atoms with Gasteiger partial charge in [0.25, 0.3) is 5.89 Å². The van der Waals surface area contributed by atoms with Gasteiger partial charge in [0.1, 0.15) is 5.75 Å². The van der Waals surface area contributed by atoms with Crippen LogP contribution in [0.3, 0.4) is 0 Å². The van der Waals surface area contributed by atoms with Crippen molar-refractivity contribution in [3.63, 3.8) is 0 Å². The van der Waals surface area contributed by atoms with E-state index in [1.54, 1.807) is 0 Å². The summed E-state index contributed by atoms with van der Waals surface area (Å²) in [5.41, 5.74) is 5.99. The van der Waals surface area contributed by atoms with Crippen LogP contribution in [0.15, 0.2) is 28.8 Å².